The summed E-state index contributed by atoms with van der Waals surface area (Å²) >= 11 is -0.556. The van der Waals surface area contributed by atoms with Gasteiger partial charge in [0, 0.05) is 0 Å². The van der Waals surface area contributed by atoms with Crippen LogP contribution >= 0.6 is 18.6 Å². The van der Waals surface area contributed by atoms with Crippen LogP contribution in [-0.2, 0) is 17.0 Å². The van der Waals surface area contributed by atoms with Gasteiger partial charge in [0.25, 0.3) is 0 Å². The maximum Gasteiger partial charge on any atom is -0.172 e. The molecule has 0 aromatic heterocycles. The van der Waals surface area contributed by atoms with Crippen molar-refractivity contribution in [3.05, 3.63) is 37.3 Å². The summed E-state index contributed by atoms with van der Waals surface area (Å²) in [4.78, 5) is 0. The third kappa shape index (κ3) is 22.4. The molecule has 0 heterocycles. The van der Waals surface area contributed by atoms with Gasteiger partial charge in [-0.05, 0) is 0 Å². The van der Waals surface area contributed by atoms with Crippen LogP contribution < -0.4 is 0 Å². The molecule has 70 valence electrons. The summed E-state index contributed by atoms with van der Waals surface area (Å²) in [5, 5.41) is 0. The van der Waals surface area contributed by atoms with Crippen LogP contribution in [0.1, 0.15) is 19.8 Å². The third-order valence-electron chi connectivity index (χ3n) is 0.909. The van der Waals surface area contributed by atoms with Gasteiger partial charge >= 0.3 is 35.6 Å². The molecule has 0 aliphatic carbocycles. The minimum Gasteiger partial charge on any atom is -0.214 e. The summed E-state index contributed by atoms with van der Waals surface area (Å²) < 4.78 is 0. The maximum atomic E-state index is 4.89. The largest absolute Gasteiger partial charge is 0.214 e. The molecule has 0 spiro atoms. The van der Waals surface area contributed by atoms with E-state index in [1.807, 2.05) is 30.3 Å². The minimum absolute atomic E-state index is 0.556. The van der Waals surface area contributed by atoms with Gasteiger partial charge in [-0.3, -0.25) is 0 Å². The van der Waals surface area contributed by atoms with Crippen molar-refractivity contribution in [2.75, 3.05) is 0 Å². The Hall–Kier alpha value is 0.644. The fraction of sp³-hybridized carbons (Fsp3) is 0.333. The van der Waals surface area contributed by atoms with E-state index < -0.39 is 17.0 Å². The van der Waals surface area contributed by atoms with Crippen molar-refractivity contribution >= 4 is 18.6 Å². The molecule has 0 unspecified atom stereocenters. The van der Waals surface area contributed by atoms with E-state index >= 15 is 0 Å². The van der Waals surface area contributed by atoms with Gasteiger partial charge in [0.2, 0.25) is 0 Å². The van der Waals surface area contributed by atoms with E-state index in [1.165, 1.54) is 6.42 Å². The number of rotatable bonds is 1. The Balaban J connectivity index is 0. The molecule has 0 fully saturated rings. The van der Waals surface area contributed by atoms with Crippen molar-refractivity contribution in [1.29, 1.82) is 0 Å². The van der Waals surface area contributed by atoms with Crippen molar-refractivity contribution in [3.8, 4) is 0 Å². The molecule has 0 saturated carbocycles. The fourth-order valence-electron chi connectivity index (χ4n) is 0.321. The van der Waals surface area contributed by atoms with Crippen LogP contribution in [0.5, 0.6) is 0 Å². The molecule has 0 radical (unpaired) electrons. The van der Waals surface area contributed by atoms with Gasteiger partial charge in [-0.2, -0.15) is 24.6 Å². The second-order valence-electron chi connectivity index (χ2n) is 1.89. The number of unbranched alkanes of at least 4 members (excludes halogenated alkanes) is 1. The molecule has 1 aromatic rings. The van der Waals surface area contributed by atoms with Gasteiger partial charge < -0.3 is 6.92 Å². The predicted molar refractivity (Wildman–Crippen MR) is 54.0 cm³/mol. The van der Waals surface area contributed by atoms with Gasteiger partial charge in [-0.15, -0.1) is 0 Å². The molecule has 3 heteroatoms. The summed E-state index contributed by atoms with van der Waals surface area (Å²) in [5.41, 5.74) is 0. The summed E-state index contributed by atoms with van der Waals surface area (Å²) in [7, 11) is 9.78. The first-order valence-corrected chi connectivity index (χ1v) is 8.05. The normalized spacial score (nSPS) is 7.00. The zero-order valence-corrected chi connectivity index (χ0v) is 10.3. The SMILES string of the molecule is [CH2-]CCC.[Cl][Ti][Cl].c1cc[cH-]c1. The molecule has 0 atom stereocenters. The average molecular weight is 241 g/mol. The Labute approximate surface area is 92.3 Å². The molecule has 0 saturated heterocycles. The Morgan fingerprint density at radius 3 is 1.75 bits per heavy atom. The van der Waals surface area contributed by atoms with E-state index in [0.717, 1.165) is 6.42 Å². The fourth-order valence-corrected chi connectivity index (χ4v) is 0.321. The molecule has 0 aliphatic rings. The van der Waals surface area contributed by atoms with Crippen LogP contribution in [0.4, 0.5) is 0 Å². The smallest absolute Gasteiger partial charge is 0.172 e. The zero-order valence-electron chi connectivity index (χ0n) is 7.26. The topological polar surface area (TPSA) is 0 Å². The molecular formula is C9H14Cl2Ti-2. The summed E-state index contributed by atoms with van der Waals surface area (Å²) in [6, 6.07) is 10.0. The van der Waals surface area contributed by atoms with Crippen molar-refractivity contribution in [2.24, 2.45) is 0 Å². The number of hydrogen-bond donors (Lipinski definition) is 0. The number of hydrogen-bond acceptors (Lipinski definition) is 0. The summed E-state index contributed by atoms with van der Waals surface area (Å²) in [6.07, 6.45) is 2.28. The van der Waals surface area contributed by atoms with Gasteiger partial charge in [0.1, 0.15) is 0 Å². The molecular weight excluding hydrogens is 227 g/mol. The first kappa shape index (κ1) is 15.1. The van der Waals surface area contributed by atoms with Gasteiger partial charge in [-0.1, -0.05) is 13.3 Å². The first-order chi connectivity index (χ1) is 5.83. The maximum absolute atomic E-state index is 4.89. The number of halogens is 2. The third-order valence-corrected chi connectivity index (χ3v) is 0.909. The van der Waals surface area contributed by atoms with Gasteiger partial charge in [-0.25, -0.2) is 12.1 Å². The van der Waals surface area contributed by atoms with Crippen LogP contribution in [0.2, 0.25) is 0 Å². The van der Waals surface area contributed by atoms with Crippen molar-refractivity contribution in [3.63, 3.8) is 0 Å². The Bertz CT molecular complexity index is 98.9. The average Bonchev–Trinajstić information content (AvgIpc) is 2.62. The monoisotopic (exact) mass is 240 g/mol. The Kier molecular flexibility index (Phi) is 22.3. The quantitative estimate of drug-likeness (QED) is 0.504. The standard InChI is InChI=1S/C5H5.C4H9.2ClH.Ti/c1-2-4-5-3-1;1-3-4-2;;;/h1-5H;1,3-4H2,2H3;2*1H;/q2*-1;;;+2/p-2. The van der Waals surface area contributed by atoms with Crippen LogP contribution in [0.25, 0.3) is 0 Å². The second-order valence-corrected chi connectivity index (χ2v) is 4.47. The van der Waals surface area contributed by atoms with E-state index in [2.05, 4.69) is 13.8 Å². The first-order valence-electron chi connectivity index (χ1n) is 3.75. The molecule has 0 amide bonds. The Morgan fingerprint density at radius 2 is 1.67 bits per heavy atom. The van der Waals surface area contributed by atoms with Crippen LogP contribution in [-0.4, -0.2) is 0 Å². The van der Waals surface area contributed by atoms with Crippen LogP contribution in [0, 0.1) is 6.92 Å². The van der Waals surface area contributed by atoms with Crippen LogP contribution in [0.15, 0.2) is 30.3 Å². The summed E-state index contributed by atoms with van der Waals surface area (Å²) in [5.74, 6) is 0. The van der Waals surface area contributed by atoms with Crippen LogP contribution in [0.3, 0.4) is 0 Å². The van der Waals surface area contributed by atoms with Crippen molar-refractivity contribution in [2.45, 2.75) is 19.8 Å². The summed E-state index contributed by atoms with van der Waals surface area (Å²) in [6.45, 7) is 5.72. The Morgan fingerprint density at radius 1 is 1.33 bits per heavy atom. The van der Waals surface area contributed by atoms with E-state index in [0.29, 0.717) is 0 Å². The minimum atomic E-state index is -0.556. The zero-order chi connectivity index (χ0) is 9.66. The molecule has 1 rings (SSSR count). The molecule has 12 heavy (non-hydrogen) atoms. The molecule has 0 bridgehead atoms. The molecule has 1 aromatic carbocycles. The van der Waals surface area contributed by atoms with E-state index in [1.54, 1.807) is 0 Å². The van der Waals surface area contributed by atoms with E-state index in [9.17, 15) is 0 Å². The second kappa shape index (κ2) is 17.7. The molecule has 0 N–H and O–H groups in total. The molecule has 0 nitrogen and oxygen atoms in total. The van der Waals surface area contributed by atoms with Crippen molar-refractivity contribution < 1.29 is 17.0 Å². The van der Waals surface area contributed by atoms with E-state index in [-0.39, 0.29) is 0 Å². The predicted octanol–water partition coefficient (Wildman–Crippen LogP) is 4.40. The van der Waals surface area contributed by atoms with Gasteiger partial charge in [0.05, 0.1) is 0 Å². The van der Waals surface area contributed by atoms with E-state index in [4.69, 9.17) is 18.6 Å². The van der Waals surface area contributed by atoms with Gasteiger partial charge in [0.15, 0.2) is 0 Å². The van der Waals surface area contributed by atoms with Crippen molar-refractivity contribution in [1.82, 2.24) is 0 Å². The molecule has 0 aliphatic heterocycles.